The normalized spacial score (nSPS) is 13.0. The molecule has 0 saturated carbocycles. The number of carbonyl (C=O) groups is 1. The summed E-state index contributed by atoms with van der Waals surface area (Å²) < 4.78 is 5.83. The molecular weight excluding hydrogens is 380 g/mol. The molecule has 1 aliphatic heterocycles. The summed E-state index contributed by atoms with van der Waals surface area (Å²) in [6.45, 7) is 0.489. The quantitative estimate of drug-likeness (QED) is 0.513. The number of amides is 1. The summed E-state index contributed by atoms with van der Waals surface area (Å²) in [4.78, 5) is 19.1. The Bertz CT molecular complexity index is 1120. The summed E-state index contributed by atoms with van der Waals surface area (Å²) in [5, 5.41) is 3.20. The molecule has 5 rings (SSSR count). The van der Waals surface area contributed by atoms with Gasteiger partial charge in [0.25, 0.3) is 5.91 Å². The summed E-state index contributed by atoms with van der Waals surface area (Å²) in [6, 6.07) is 23.5. The van der Waals surface area contributed by atoms with Crippen molar-refractivity contribution in [1.82, 2.24) is 10.3 Å². The molecule has 0 aliphatic carbocycles. The van der Waals surface area contributed by atoms with E-state index in [-0.39, 0.29) is 11.9 Å². The lowest BCUT2D eigenvalue weighted by Crippen LogP contribution is -2.28. The van der Waals surface area contributed by atoms with Crippen LogP contribution in [0.15, 0.2) is 85.2 Å². The molecule has 2 aromatic heterocycles. The first kappa shape index (κ1) is 17.6. The van der Waals surface area contributed by atoms with Gasteiger partial charge in [-0.2, -0.15) is 0 Å². The molecular formula is C24H18N2O2S. The SMILES string of the molecule is O=C(NC(c1ccccc1)c1ccncc1)c1cc2c(s1)-c1ccccc1OC2. The third-order valence-electron chi connectivity index (χ3n) is 5.00. The largest absolute Gasteiger partial charge is 0.488 e. The molecule has 3 heterocycles. The Kier molecular flexibility index (Phi) is 4.58. The second kappa shape index (κ2) is 7.53. The Morgan fingerprint density at radius 3 is 2.52 bits per heavy atom. The Hall–Kier alpha value is -3.44. The maximum Gasteiger partial charge on any atom is 0.262 e. The minimum absolute atomic E-state index is 0.0902. The number of nitrogens with zero attached hydrogens (tertiary/aromatic N) is 1. The van der Waals surface area contributed by atoms with Crippen LogP contribution >= 0.6 is 11.3 Å². The Morgan fingerprint density at radius 1 is 0.966 bits per heavy atom. The van der Waals surface area contributed by atoms with Crippen molar-refractivity contribution in [3.63, 3.8) is 0 Å². The monoisotopic (exact) mass is 398 g/mol. The topological polar surface area (TPSA) is 51.2 Å². The van der Waals surface area contributed by atoms with Crippen LogP contribution in [0.25, 0.3) is 10.4 Å². The highest BCUT2D eigenvalue weighted by Gasteiger charge is 2.24. The smallest absolute Gasteiger partial charge is 0.262 e. The number of thiophene rings is 1. The standard InChI is InChI=1S/C24H18N2O2S/c27-24(21-14-18-15-28-20-9-5-4-8-19(20)23(18)29-21)26-22(16-6-2-1-3-7-16)17-10-12-25-13-11-17/h1-14,22H,15H2,(H,26,27). The molecule has 1 amide bonds. The van der Waals surface area contributed by atoms with Crippen LogP contribution in [0.4, 0.5) is 0 Å². The lowest BCUT2D eigenvalue weighted by atomic mass is 9.99. The van der Waals surface area contributed by atoms with E-state index in [4.69, 9.17) is 4.74 Å². The van der Waals surface area contributed by atoms with Crippen LogP contribution in [-0.4, -0.2) is 10.9 Å². The number of para-hydroxylation sites is 1. The van der Waals surface area contributed by atoms with E-state index >= 15 is 0 Å². The first-order valence-corrected chi connectivity index (χ1v) is 10.2. The van der Waals surface area contributed by atoms with Crippen LogP contribution in [0.5, 0.6) is 5.75 Å². The third kappa shape index (κ3) is 3.41. The van der Waals surface area contributed by atoms with Crippen molar-refractivity contribution in [1.29, 1.82) is 0 Å². The minimum Gasteiger partial charge on any atom is -0.488 e. The lowest BCUT2D eigenvalue weighted by Gasteiger charge is -2.19. The van der Waals surface area contributed by atoms with Crippen molar-refractivity contribution in [3.05, 3.63) is 107 Å². The van der Waals surface area contributed by atoms with Gasteiger partial charge in [-0.1, -0.05) is 42.5 Å². The number of hydrogen-bond acceptors (Lipinski definition) is 4. The van der Waals surface area contributed by atoms with Crippen molar-refractivity contribution in [2.75, 3.05) is 0 Å². The first-order valence-electron chi connectivity index (χ1n) is 9.40. The molecule has 0 bridgehead atoms. The molecule has 4 nitrogen and oxygen atoms in total. The molecule has 1 unspecified atom stereocenters. The molecule has 0 saturated heterocycles. The molecule has 1 aliphatic rings. The van der Waals surface area contributed by atoms with Gasteiger partial charge in [-0.3, -0.25) is 9.78 Å². The summed E-state index contributed by atoms with van der Waals surface area (Å²) in [7, 11) is 0. The van der Waals surface area contributed by atoms with Gasteiger partial charge in [0.2, 0.25) is 0 Å². The number of ether oxygens (including phenoxy) is 1. The van der Waals surface area contributed by atoms with Gasteiger partial charge in [-0.05, 0) is 41.5 Å². The summed E-state index contributed by atoms with van der Waals surface area (Å²) >= 11 is 1.51. The number of fused-ring (bicyclic) bond motifs is 3. The molecule has 0 spiro atoms. The number of pyridine rings is 1. The second-order valence-electron chi connectivity index (χ2n) is 6.85. The molecule has 0 fully saturated rings. The van der Waals surface area contributed by atoms with E-state index in [0.29, 0.717) is 11.5 Å². The van der Waals surface area contributed by atoms with Crippen LogP contribution in [0.2, 0.25) is 0 Å². The Morgan fingerprint density at radius 2 is 1.69 bits per heavy atom. The number of hydrogen-bond donors (Lipinski definition) is 1. The number of benzene rings is 2. The predicted molar refractivity (Wildman–Crippen MR) is 114 cm³/mol. The van der Waals surface area contributed by atoms with Crippen LogP contribution in [0.3, 0.4) is 0 Å². The fourth-order valence-electron chi connectivity index (χ4n) is 3.57. The van der Waals surface area contributed by atoms with Gasteiger partial charge in [0.1, 0.15) is 12.4 Å². The highest BCUT2D eigenvalue weighted by molar-refractivity contribution is 7.17. The fraction of sp³-hybridized carbons (Fsp3) is 0.0833. The zero-order valence-electron chi connectivity index (χ0n) is 15.5. The Labute approximate surface area is 172 Å². The fourth-order valence-corrected chi connectivity index (χ4v) is 4.67. The zero-order valence-corrected chi connectivity index (χ0v) is 16.4. The number of aromatic nitrogens is 1. The van der Waals surface area contributed by atoms with Crippen LogP contribution in [0, 0.1) is 0 Å². The van der Waals surface area contributed by atoms with Crippen molar-refractivity contribution in [2.45, 2.75) is 12.6 Å². The lowest BCUT2D eigenvalue weighted by molar-refractivity contribution is 0.0947. The molecule has 1 N–H and O–H groups in total. The highest BCUT2D eigenvalue weighted by Crippen LogP contribution is 2.42. The van der Waals surface area contributed by atoms with E-state index < -0.39 is 0 Å². The molecule has 29 heavy (non-hydrogen) atoms. The van der Waals surface area contributed by atoms with Crippen molar-refractivity contribution >= 4 is 17.2 Å². The first-order chi connectivity index (χ1) is 14.3. The molecule has 4 aromatic rings. The van der Waals surface area contributed by atoms with Crippen LogP contribution < -0.4 is 10.1 Å². The van der Waals surface area contributed by atoms with Crippen molar-refractivity contribution in [2.24, 2.45) is 0 Å². The average Bonchev–Trinajstić information content (AvgIpc) is 3.24. The van der Waals surface area contributed by atoms with E-state index in [9.17, 15) is 4.79 Å². The average molecular weight is 398 g/mol. The van der Waals surface area contributed by atoms with Crippen LogP contribution in [0.1, 0.15) is 32.4 Å². The maximum atomic E-state index is 13.2. The van der Waals surface area contributed by atoms with Crippen LogP contribution in [-0.2, 0) is 6.61 Å². The minimum atomic E-state index is -0.241. The molecule has 142 valence electrons. The number of rotatable bonds is 4. The van der Waals surface area contributed by atoms with E-state index in [2.05, 4.69) is 10.3 Å². The van der Waals surface area contributed by atoms with Gasteiger partial charge >= 0.3 is 0 Å². The molecule has 2 aromatic carbocycles. The molecule has 1 atom stereocenters. The van der Waals surface area contributed by atoms with Crippen molar-refractivity contribution < 1.29 is 9.53 Å². The highest BCUT2D eigenvalue weighted by atomic mass is 32.1. The Balaban J connectivity index is 1.47. The van der Waals surface area contributed by atoms with Gasteiger partial charge < -0.3 is 10.1 Å². The maximum absolute atomic E-state index is 13.2. The summed E-state index contributed by atoms with van der Waals surface area (Å²) in [5.74, 6) is 0.778. The van der Waals surface area contributed by atoms with E-state index in [1.807, 2.05) is 72.8 Å². The number of carbonyl (C=O) groups excluding carboxylic acids is 1. The van der Waals surface area contributed by atoms with Gasteiger partial charge in [0, 0.05) is 28.4 Å². The zero-order chi connectivity index (χ0) is 19.6. The summed E-state index contributed by atoms with van der Waals surface area (Å²) in [5.41, 5.74) is 4.13. The van der Waals surface area contributed by atoms with Gasteiger partial charge in [-0.15, -0.1) is 11.3 Å². The van der Waals surface area contributed by atoms with Gasteiger partial charge in [0.15, 0.2) is 0 Å². The van der Waals surface area contributed by atoms with Gasteiger partial charge in [-0.25, -0.2) is 0 Å². The molecule has 5 heteroatoms. The second-order valence-corrected chi connectivity index (χ2v) is 7.90. The summed E-state index contributed by atoms with van der Waals surface area (Å²) in [6.07, 6.45) is 3.49. The number of nitrogens with one attached hydrogen (secondary N) is 1. The van der Waals surface area contributed by atoms with E-state index in [1.165, 1.54) is 11.3 Å². The van der Waals surface area contributed by atoms with E-state index in [0.717, 1.165) is 32.9 Å². The van der Waals surface area contributed by atoms with Gasteiger partial charge in [0.05, 0.1) is 10.9 Å². The van der Waals surface area contributed by atoms with Crippen molar-refractivity contribution in [3.8, 4) is 16.2 Å². The molecule has 0 radical (unpaired) electrons. The predicted octanol–water partition coefficient (Wildman–Crippen LogP) is 5.22. The van der Waals surface area contributed by atoms with E-state index in [1.54, 1.807) is 12.4 Å². The third-order valence-corrected chi connectivity index (χ3v) is 6.20.